The van der Waals surface area contributed by atoms with Crippen LogP contribution < -0.4 is 18.9 Å². The lowest BCUT2D eigenvalue weighted by atomic mass is 10.1. The first-order valence-corrected chi connectivity index (χ1v) is 7.46. The standard InChI is InChI=1S/C12H20N2O4S/c1-4-13-19(15,16)14-8-7-10-5-6-11(17-2)12(9-10)18-3/h5-6,9,13-14H,4,7-8H2,1-3H3. The molecule has 0 aliphatic rings. The van der Waals surface area contributed by atoms with E-state index in [2.05, 4.69) is 9.44 Å². The van der Waals surface area contributed by atoms with E-state index < -0.39 is 10.2 Å². The van der Waals surface area contributed by atoms with Crippen molar-refractivity contribution >= 4 is 10.2 Å². The lowest BCUT2D eigenvalue weighted by Crippen LogP contribution is -2.37. The molecule has 7 heteroatoms. The summed E-state index contributed by atoms with van der Waals surface area (Å²) in [5, 5.41) is 0. The maximum absolute atomic E-state index is 11.4. The summed E-state index contributed by atoms with van der Waals surface area (Å²) in [5.74, 6) is 1.29. The number of rotatable bonds is 8. The maximum Gasteiger partial charge on any atom is 0.276 e. The molecule has 0 aliphatic carbocycles. The topological polar surface area (TPSA) is 76.7 Å². The van der Waals surface area contributed by atoms with Gasteiger partial charge in [0.25, 0.3) is 10.2 Å². The predicted molar refractivity (Wildman–Crippen MR) is 73.8 cm³/mol. The monoisotopic (exact) mass is 288 g/mol. The lowest BCUT2D eigenvalue weighted by molar-refractivity contribution is 0.354. The Bertz CT molecular complexity index is 502. The average molecular weight is 288 g/mol. The molecule has 0 unspecified atom stereocenters. The van der Waals surface area contributed by atoms with Crippen LogP contribution in [0.15, 0.2) is 18.2 Å². The van der Waals surface area contributed by atoms with Gasteiger partial charge in [0.05, 0.1) is 14.2 Å². The van der Waals surface area contributed by atoms with Crippen LogP contribution in [0.4, 0.5) is 0 Å². The number of hydrogen-bond acceptors (Lipinski definition) is 4. The van der Waals surface area contributed by atoms with E-state index >= 15 is 0 Å². The van der Waals surface area contributed by atoms with Crippen molar-refractivity contribution in [2.75, 3.05) is 27.3 Å². The van der Waals surface area contributed by atoms with Crippen LogP contribution in [0.3, 0.4) is 0 Å². The first kappa shape index (κ1) is 15.7. The van der Waals surface area contributed by atoms with Gasteiger partial charge in [0.2, 0.25) is 0 Å². The molecule has 6 nitrogen and oxygen atoms in total. The van der Waals surface area contributed by atoms with Gasteiger partial charge in [-0.1, -0.05) is 13.0 Å². The van der Waals surface area contributed by atoms with Crippen LogP contribution in [0.2, 0.25) is 0 Å². The largest absolute Gasteiger partial charge is 0.493 e. The van der Waals surface area contributed by atoms with Gasteiger partial charge in [-0.2, -0.15) is 8.42 Å². The molecule has 2 N–H and O–H groups in total. The highest BCUT2D eigenvalue weighted by atomic mass is 32.2. The Morgan fingerprint density at radius 3 is 2.37 bits per heavy atom. The third-order valence-electron chi connectivity index (χ3n) is 2.49. The molecule has 0 bridgehead atoms. The van der Waals surface area contributed by atoms with Crippen molar-refractivity contribution in [3.05, 3.63) is 23.8 Å². The molecule has 19 heavy (non-hydrogen) atoms. The highest BCUT2D eigenvalue weighted by Crippen LogP contribution is 2.27. The minimum Gasteiger partial charge on any atom is -0.493 e. The summed E-state index contributed by atoms with van der Waals surface area (Å²) in [7, 11) is -0.250. The van der Waals surface area contributed by atoms with Crippen molar-refractivity contribution in [1.29, 1.82) is 0 Å². The zero-order chi connectivity index (χ0) is 14.3. The highest BCUT2D eigenvalue weighted by molar-refractivity contribution is 7.87. The van der Waals surface area contributed by atoms with Gasteiger partial charge in [-0.15, -0.1) is 0 Å². The lowest BCUT2D eigenvalue weighted by Gasteiger charge is -2.10. The number of methoxy groups -OCH3 is 2. The van der Waals surface area contributed by atoms with Crippen LogP contribution in [0, 0.1) is 0 Å². The minimum absolute atomic E-state index is 0.324. The summed E-state index contributed by atoms with van der Waals surface area (Å²) in [5.41, 5.74) is 0.969. The number of ether oxygens (including phenoxy) is 2. The molecule has 0 aromatic heterocycles. The van der Waals surface area contributed by atoms with Gasteiger partial charge in [0.1, 0.15) is 0 Å². The van der Waals surface area contributed by atoms with Gasteiger partial charge in [0, 0.05) is 13.1 Å². The van der Waals surface area contributed by atoms with Crippen LogP contribution in [0.1, 0.15) is 12.5 Å². The second-order valence-electron chi connectivity index (χ2n) is 3.84. The molecule has 1 aromatic carbocycles. The maximum atomic E-state index is 11.4. The SMILES string of the molecule is CCNS(=O)(=O)NCCc1ccc(OC)c(OC)c1. The fourth-order valence-corrected chi connectivity index (χ4v) is 2.46. The Labute approximate surface area is 114 Å². The van der Waals surface area contributed by atoms with Gasteiger partial charge < -0.3 is 9.47 Å². The van der Waals surface area contributed by atoms with E-state index in [1.807, 2.05) is 12.1 Å². The fraction of sp³-hybridized carbons (Fsp3) is 0.500. The number of nitrogens with one attached hydrogen (secondary N) is 2. The van der Waals surface area contributed by atoms with E-state index in [9.17, 15) is 8.42 Å². The second-order valence-corrected chi connectivity index (χ2v) is 5.42. The van der Waals surface area contributed by atoms with Crippen LogP contribution >= 0.6 is 0 Å². The molecule has 0 fully saturated rings. The Kier molecular flexibility index (Phi) is 6.07. The van der Waals surface area contributed by atoms with E-state index in [1.54, 1.807) is 27.2 Å². The molecule has 0 saturated carbocycles. The zero-order valence-electron chi connectivity index (χ0n) is 11.4. The first-order chi connectivity index (χ1) is 9.02. The molecular weight excluding hydrogens is 268 g/mol. The first-order valence-electron chi connectivity index (χ1n) is 5.97. The van der Waals surface area contributed by atoms with Crippen molar-refractivity contribution < 1.29 is 17.9 Å². The normalized spacial score (nSPS) is 11.3. The van der Waals surface area contributed by atoms with Crippen LogP contribution in [0.5, 0.6) is 11.5 Å². The smallest absolute Gasteiger partial charge is 0.276 e. The zero-order valence-corrected chi connectivity index (χ0v) is 12.2. The van der Waals surface area contributed by atoms with Crippen molar-refractivity contribution in [1.82, 2.24) is 9.44 Å². The quantitative estimate of drug-likeness (QED) is 0.738. The van der Waals surface area contributed by atoms with E-state index in [0.717, 1.165) is 5.56 Å². The molecular formula is C12H20N2O4S. The molecule has 0 radical (unpaired) electrons. The number of benzene rings is 1. The van der Waals surface area contributed by atoms with E-state index in [0.29, 0.717) is 31.0 Å². The fourth-order valence-electron chi connectivity index (χ4n) is 1.61. The Balaban J connectivity index is 2.59. The van der Waals surface area contributed by atoms with E-state index in [4.69, 9.17) is 9.47 Å². The third-order valence-corrected chi connectivity index (χ3v) is 3.74. The molecule has 1 rings (SSSR count). The Morgan fingerprint density at radius 2 is 1.79 bits per heavy atom. The van der Waals surface area contributed by atoms with Gasteiger partial charge in [-0.25, -0.2) is 9.44 Å². The van der Waals surface area contributed by atoms with Crippen LogP contribution in [-0.2, 0) is 16.6 Å². The van der Waals surface area contributed by atoms with Crippen molar-refractivity contribution in [2.24, 2.45) is 0 Å². The van der Waals surface area contributed by atoms with E-state index in [-0.39, 0.29) is 0 Å². The van der Waals surface area contributed by atoms with Gasteiger partial charge in [-0.3, -0.25) is 0 Å². The Morgan fingerprint density at radius 1 is 1.11 bits per heavy atom. The van der Waals surface area contributed by atoms with Crippen molar-refractivity contribution in [2.45, 2.75) is 13.3 Å². The second kappa shape index (κ2) is 7.32. The summed E-state index contributed by atoms with van der Waals surface area (Å²) in [4.78, 5) is 0. The van der Waals surface area contributed by atoms with Gasteiger partial charge in [0.15, 0.2) is 11.5 Å². The van der Waals surface area contributed by atoms with Gasteiger partial charge >= 0.3 is 0 Å². The third kappa shape index (κ3) is 5.06. The van der Waals surface area contributed by atoms with Crippen LogP contribution in [0.25, 0.3) is 0 Å². The molecule has 0 heterocycles. The van der Waals surface area contributed by atoms with E-state index in [1.165, 1.54) is 0 Å². The summed E-state index contributed by atoms with van der Waals surface area (Å²) in [6.07, 6.45) is 0.574. The molecule has 108 valence electrons. The van der Waals surface area contributed by atoms with Crippen molar-refractivity contribution in [3.63, 3.8) is 0 Å². The highest BCUT2D eigenvalue weighted by Gasteiger charge is 2.08. The van der Waals surface area contributed by atoms with Gasteiger partial charge in [-0.05, 0) is 24.1 Å². The summed E-state index contributed by atoms with van der Waals surface area (Å²) < 4.78 is 37.9. The number of hydrogen-bond donors (Lipinski definition) is 2. The molecule has 0 spiro atoms. The van der Waals surface area contributed by atoms with Crippen LogP contribution in [-0.4, -0.2) is 35.7 Å². The summed E-state index contributed by atoms with van der Waals surface area (Å²) in [6, 6.07) is 5.51. The molecule has 0 atom stereocenters. The molecule has 0 aliphatic heterocycles. The minimum atomic E-state index is -3.39. The molecule has 0 saturated heterocycles. The Hall–Kier alpha value is -1.31. The van der Waals surface area contributed by atoms with Crippen molar-refractivity contribution in [3.8, 4) is 11.5 Å². The predicted octanol–water partition coefficient (Wildman–Crippen LogP) is 0.690. The average Bonchev–Trinajstić information content (AvgIpc) is 2.38. The summed E-state index contributed by atoms with van der Waals surface area (Å²) >= 11 is 0. The summed E-state index contributed by atoms with van der Waals surface area (Å²) in [6.45, 7) is 2.42. The molecule has 0 amide bonds. The molecule has 1 aromatic rings.